The third-order valence-electron chi connectivity index (χ3n) is 3.22. The van der Waals surface area contributed by atoms with Crippen molar-refractivity contribution in [1.29, 1.82) is 0 Å². The highest BCUT2D eigenvalue weighted by atomic mass is 79.9. The Morgan fingerprint density at radius 1 is 1.35 bits per heavy atom. The summed E-state index contributed by atoms with van der Waals surface area (Å²) < 4.78 is 14.1. The number of carbonyl (C=O) groups excluding carboxylic acids is 1. The number of ketones is 1. The van der Waals surface area contributed by atoms with E-state index in [2.05, 4.69) is 15.9 Å². The Kier molecular flexibility index (Phi) is 3.03. The summed E-state index contributed by atoms with van der Waals surface area (Å²) in [7, 11) is 0. The number of rotatable bonds is 3. The maximum Gasteiger partial charge on any atom is 0.317 e. The molecule has 1 aliphatic rings. The first-order chi connectivity index (χ1) is 7.97. The van der Waals surface area contributed by atoms with Gasteiger partial charge in [0.05, 0.1) is 5.56 Å². The Labute approximate surface area is 106 Å². The SMILES string of the molecule is O=C(O)C1(C(=O)c2cc(Br)ccc2F)CCC1. The molecule has 5 heteroatoms. The van der Waals surface area contributed by atoms with Crippen LogP contribution in [0, 0.1) is 11.2 Å². The molecule has 0 spiro atoms. The van der Waals surface area contributed by atoms with Crippen molar-refractivity contribution in [2.75, 3.05) is 0 Å². The van der Waals surface area contributed by atoms with Crippen LogP contribution in [0.15, 0.2) is 22.7 Å². The molecule has 0 unspecified atom stereocenters. The highest BCUT2D eigenvalue weighted by Gasteiger charge is 2.51. The molecule has 1 N–H and O–H groups in total. The molecule has 0 aromatic heterocycles. The minimum absolute atomic E-state index is 0.151. The van der Waals surface area contributed by atoms with Crippen molar-refractivity contribution in [3.05, 3.63) is 34.1 Å². The molecule has 1 fully saturated rings. The molecule has 0 amide bonds. The zero-order valence-electron chi connectivity index (χ0n) is 8.87. The van der Waals surface area contributed by atoms with Crippen LogP contribution in [0.3, 0.4) is 0 Å². The second-order valence-corrected chi connectivity index (χ2v) is 5.11. The van der Waals surface area contributed by atoms with Gasteiger partial charge in [-0.25, -0.2) is 4.39 Å². The zero-order valence-corrected chi connectivity index (χ0v) is 10.5. The predicted octanol–water partition coefficient (Wildman–Crippen LogP) is 3.03. The van der Waals surface area contributed by atoms with E-state index < -0.39 is 23.0 Å². The van der Waals surface area contributed by atoms with Crippen LogP contribution in [0.25, 0.3) is 0 Å². The summed E-state index contributed by atoms with van der Waals surface area (Å²) in [5.74, 6) is -2.46. The molecule has 1 aromatic rings. The molecule has 0 heterocycles. The first kappa shape index (κ1) is 12.2. The minimum atomic E-state index is -1.42. The standard InChI is InChI=1S/C12H10BrFO3/c13-7-2-3-9(14)8(6-7)10(15)12(11(16)17)4-1-5-12/h2-3,6H,1,4-5H2,(H,16,17). The Morgan fingerprint density at radius 2 is 2.00 bits per heavy atom. The van der Waals surface area contributed by atoms with Crippen molar-refractivity contribution >= 4 is 27.7 Å². The van der Waals surface area contributed by atoms with Crippen LogP contribution in [-0.4, -0.2) is 16.9 Å². The van der Waals surface area contributed by atoms with E-state index in [1.165, 1.54) is 12.1 Å². The number of carboxylic acids is 1. The van der Waals surface area contributed by atoms with E-state index in [0.717, 1.165) is 6.07 Å². The highest BCUT2D eigenvalue weighted by Crippen LogP contribution is 2.44. The predicted molar refractivity (Wildman–Crippen MR) is 62.4 cm³/mol. The topological polar surface area (TPSA) is 54.4 Å². The number of aliphatic carboxylic acids is 1. The lowest BCUT2D eigenvalue weighted by Gasteiger charge is -2.36. The molecule has 0 atom stereocenters. The van der Waals surface area contributed by atoms with E-state index in [9.17, 15) is 14.0 Å². The van der Waals surface area contributed by atoms with Crippen LogP contribution in [0.5, 0.6) is 0 Å². The van der Waals surface area contributed by atoms with Gasteiger partial charge in [0.2, 0.25) is 0 Å². The number of carboxylic acid groups (broad SMARTS) is 1. The number of benzene rings is 1. The van der Waals surface area contributed by atoms with E-state index in [1.807, 2.05) is 0 Å². The van der Waals surface area contributed by atoms with Crippen molar-refractivity contribution in [2.45, 2.75) is 19.3 Å². The second kappa shape index (κ2) is 4.22. The van der Waals surface area contributed by atoms with Crippen molar-refractivity contribution < 1.29 is 19.1 Å². The van der Waals surface area contributed by atoms with Gasteiger partial charge in [0.1, 0.15) is 11.2 Å². The summed E-state index contributed by atoms with van der Waals surface area (Å²) in [5.41, 5.74) is -1.57. The Morgan fingerprint density at radius 3 is 2.47 bits per heavy atom. The fourth-order valence-electron chi connectivity index (χ4n) is 2.00. The van der Waals surface area contributed by atoms with Gasteiger partial charge in [-0.2, -0.15) is 0 Å². The largest absolute Gasteiger partial charge is 0.480 e. The fourth-order valence-corrected chi connectivity index (χ4v) is 2.36. The molecule has 0 bridgehead atoms. The molecule has 0 saturated heterocycles. The van der Waals surface area contributed by atoms with Crippen molar-refractivity contribution in [1.82, 2.24) is 0 Å². The first-order valence-electron chi connectivity index (χ1n) is 5.20. The van der Waals surface area contributed by atoms with Crippen molar-refractivity contribution in [3.63, 3.8) is 0 Å². The zero-order chi connectivity index (χ0) is 12.6. The quantitative estimate of drug-likeness (QED) is 0.689. The van der Waals surface area contributed by atoms with E-state index in [-0.39, 0.29) is 18.4 Å². The van der Waals surface area contributed by atoms with E-state index in [4.69, 9.17) is 5.11 Å². The van der Waals surface area contributed by atoms with E-state index in [1.54, 1.807) is 0 Å². The summed E-state index contributed by atoms with van der Waals surface area (Å²) in [6, 6.07) is 3.96. The van der Waals surface area contributed by atoms with Crippen LogP contribution in [0.4, 0.5) is 4.39 Å². The van der Waals surface area contributed by atoms with Crippen LogP contribution >= 0.6 is 15.9 Å². The van der Waals surface area contributed by atoms with Gasteiger partial charge in [0.15, 0.2) is 5.78 Å². The molecule has 1 saturated carbocycles. The van der Waals surface area contributed by atoms with E-state index >= 15 is 0 Å². The molecular formula is C12H10BrFO3. The van der Waals surface area contributed by atoms with Gasteiger partial charge in [-0.3, -0.25) is 9.59 Å². The minimum Gasteiger partial charge on any atom is -0.480 e. The van der Waals surface area contributed by atoms with Crippen LogP contribution < -0.4 is 0 Å². The molecule has 3 nitrogen and oxygen atoms in total. The lowest BCUT2D eigenvalue weighted by molar-refractivity contribution is -0.150. The monoisotopic (exact) mass is 300 g/mol. The van der Waals surface area contributed by atoms with Crippen LogP contribution in [0.1, 0.15) is 29.6 Å². The first-order valence-corrected chi connectivity index (χ1v) is 6.00. The van der Waals surface area contributed by atoms with Gasteiger partial charge < -0.3 is 5.11 Å². The smallest absolute Gasteiger partial charge is 0.317 e. The number of hydrogen-bond acceptors (Lipinski definition) is 2. The van der Waals surface area contributed by atoms with Gasteiger partial charge in [-0.1, -0.05) is 22.4 Å². The Bertz CT molecular complexity index is 495. The van der Waals surface area contributed by atoms with Crippen molar-refractivity contribution in [2.24, 2.45) is 5.41 Å². The van der Waals surface area contributed by atoms with Gasteiger partial charge in [0, 0.05) is 4.47 Å². The summed E-state index contributed by atoms with van der Waals surface area (Å²) in [5, 5.41) is 9.12. The summed E-state index contributed by atoms with van der Waals surface area (Å²) in [4.78, 5) is 23.3. The fraction of sp³-hybridized carbons (Fsp3) is 0.333. The van der Waals surface area contributed by atoms with Gasteiger partial charge >= 0.3 is 5.97 Å². The maximum absolute atomic E-state index is 13.5. The van der Waals surface area contributed by atoms with Crippen LogP contribution in [-0.2, 0) is 4.79 Å². The second-order valence-electron chi connectivity index (χ2n) is 4.19. The third-order valence-corrected chi connectivity index (χ3v) is 3.72. The average molecular weight is 301 g/mol. The normalized spacial score (nSPS) is 17.3. The molecule has 1 aromatic carbocycles. The van der Waals surface area contributed by atoms with Crippen molar-refractivity contribution in [3.8, 4) is 0 Å². The molecule has 2 rings (SSSR count). The Hall–Kier alpha value is -1.23. The summed E-state index contributed by atoms with van der Waals surface area (Å²) in [6.45, 7) is 0. The van der Waals surface area contributed by atoms with Gasteiger partial charge in [-0.05, 0) is 31.0 Å². The lowest BCUT2D eigenvalue weighted by atomic mass is 9.64. The molecule has 0 aliphatic heterocycles. The van der Waals surface area contributed by atoms with Crippen LogP contribution in [0.2, 0.25) is 0 Å². The summed E-state index contributed by atoms with van der Waals surface area (Å²) in [6.07, 6.45) is 1.26. The van der Waals surface area contributed by atoms with Gasteiger partial charge in [-0.15, -0.1) is 0 Å². The van der Waals surface area contributed by atoms with Gasteiger partial charge in [0.25, 0.3) is 0 Å². The maximum atomic E-state index is 13.5. The number of Topliss-reactive ketones (excluding diaryl/α,β-unsaturated/α-hetero) is 1. The Balaban J connectivity index is 2.43. The third kappa shape index (κ3) is 1.88. The number of carbonyl (C=O) groups is 2. The van der Waals surface area contributed by atoms with E-state index in [0.29, 0.717) is 10.9 Å². The summed E-state index contributed by atoms with van der Waals surface area (Å²) >= 11 is 3.14. The molecular weight excluding hydrogens is 291 g/mol. The number of halogens is 2. The average Bonchev–Trinajstić information content (AvgIpc) is 2.19. The molecule has 0 radical (unpaired) electrons. The molecule has 90 valence electrons. The number of hydrogen-bond donors (Lipinski definition) is 1. The molecule has 17 heavy (non-hydrogen) atoms. The highest BCUT2D eigenvalue weighted by molar-refractivity contribution is 9.10. The lowest BCUT2D eigenvalue weighted by Crippen LogP contribution is -2.45. The molecule has 1 aliphatic carbocycles.